The van der Waals surface area contributed by atoms with Gasteiger partial charge >= 0.3 is 0 Å². The van der Waals surface area contributed by atoms with Gasteiger partial charge < -0.3 is 9.47 Å². The second-order valence-corrected chi connectivity index (χ2v) is 28.6. The zero-order valence-electron chi connectivity index (χ0n) is 58.0. The molecule has 8 aromatic carbocycles. The fraction of sp³-hybridized carbons (Fsp3) is 0.465. The van der Waals surface area contributed by atoms with Crippen molar-refractivity contribution >= 4 is 76.5 Å². The van der Waals surface area contributed by atoms with Gasteiger partial charge in [0, 0.05) is 55.6 Å². The first-order valence-electron chi connectivity index (χ1n) is 36.2. The molecule has 2 aromatic heterocycles. The number of rotatable bonds is 32. The highest BCUT2D eigenvalue weighted by Crippen LogP contribution is 2.48. The average Bonchev–Trinajstić information content (AvgIpc) is 0.695. The zero-order chi connectivity index (χ0) is 65.9. The molecule has 0 fully saturated rings. The molecule has 0 radical (unpaired) electrons. The van der Waals surface area contributed by atoms with Gasteiger partial charge in [0.1, 0.15) is 11.0 Å². The molecule has 10 rings (SSSR count). The van der Waals surface area contributed by atoms with Crippen LogP contribution >= 0.6 is 0 Å². The molecule has 0 saturated carbocycles. The Morgan fingerprint density at radius 2 is 0.596 bits per heavy atom. The average molecular weight is 1250 g/mol. The van der Waals surface area contributed by atoms with Gasteiger partial charge in [0.05, 0.1) is 80.7 Å². The Morgan fingerprint density at radius 3 is 0.883 bits per heavy atom. The SMILES string of the molecule is CCCCCCCCCCCCCCCCOc1cc2nc3c4cc(C(C)(C)C)cc5c6nc7c(C#Cc8ccc(C#N)cc8)ccc(C#Cc8ccc(C#N)cc8)c7nc6c6cc(C(C)(C)C)cc(c3nc2cc1OCCCCCCCCCCCCCCCC)c6c45. The Balaban J connectivity index is 1.04. The van der Waals surface area contributed by atoms with E-state index in [1.165, 1.54) is 154 Å². The first-order valence-corrected chi connectivity index (χ1v) is 36.2. The standard InChI is InChI=1S/C86H100N6O2/c1-9-11-13-15-17-19-21-23-25-27-29-31-33-35-51-93-75-57-73-74(58-76(75)94-52-36-34-32-30-28-26-24-22-20-18-16-14-12-10-2)90-82-70-54-68(86(6,7)8)56-72-78(70)77-69(81(82)89-73)53-67(85(3,4)5)55-71(77)83-84(72)92-80-66(48-46-62-39-43-64(60-88)44-40-62)50-49-65(79(80)91-83)47-45-61-37-41-63(59-87)42-38-61/h37-44,49-50,53-58H,9-36,51-52H2,1-8H3. The van der Waals surface area contributed by atoms with Crippen molar-refractivity contribution in [1.82, 2.24) is 19.9 Å². The third-order valence-corrected chi connectivity index (χ3v) is 19.1. The highest BCUT2D eigenvalue weighted by atomic mass is 16.5. The number of aromatic nitrogens is 4. The van der Waals surface area contributed by atoms with E-state index in [1.807, 2.05) is 36.4 Å². The van der Waals surface area contributed by atoms with Crippen LogP contribution in [0.5, 0.6) is 11.5 Å². The molecule has 8 nitrogen and oxygen atoms in total. The Morgan fingerprint density at radius 1 is 0.319 bits per heavy atom. The minimum absolute atomic E-state index is 0.254. The van der Waals surface area contributed by atoms with Crippen molar-refractivity contribution in [2.24, 2.45) is 0 Å². The van der Waals surface area contributed by atoms with Gasteiger partial charge in [-0.15, -0.1) is 0 Å². The van der Waals surface area contributed by atoms with Gasteiger partial charge in [-0.3, -0.25) is 0 Å². The number of hydrogen-bond acceptors (Lipinski definition) is 8. The summed E-state index contributed by atoms with van der Waals surface area (Å²) in [7, 11) is 0. The van der Waals surface area contributed by atoms with E-state index in [4.69, 9.17) is 29.4 Å². The lowest BCUT2D eigenvalue weighted by molar-refractivity contribution is 0.259. The minimum Gasteiger partial charge on any atom is -0.490 e. The molecule has 8 heteroatoms. The summed E-state index contributed by atoms with van der Waals surface area (Å²) >= 11 is 0. The van der Waals surface area contributed by atoms with Crippen molar-refractivity contribution in [2.45, 2.75) is 246 Å². The zero-order valence-corrected chi connectivity index (χ0v) is 58.0. The third kappa shape index (κ3) is 17.5. The molecule has 0 atom stereocenters. The van der Waals surface area contributed by atoms with E-state index in [-0.39, 0.29) is 10.8 Å². The molecule has 486 valence electrons. The molecule has 10 aromatic rings. The molecule has 0 N–H and O–H groups in total. The number of nitrogens with zero attached hydrogens (tertiary/aromatic N) is 6. The van der Waals surface area contributed by atoms with Crippen molar-refractivity contribution in [2.75, 3.05) is 13.2 Å². The van der Waals surface area contributed by atoms with Gasteiger partial charge in [-0.25, -0.2) is 19.9 Å². The first-order chi connectivity index (χ1) is 45.8. The number of ether oxygens (including phenoxy) is 2. The molecule has 0 aliphatic heterocycles. The van der Waals surface area contributed by atoms with Gasteiger partial charge in [0.25, 0.3) is 0 Å². The Labute approximate surface area is 561 Å². The van der Waals surface area contributed by atoms with Gasteiger partial charge in [-0.2, -0.15) is 10.5 Å². The van der Waals surface area contributed by atoms with Gasteiger partial charge in [0.15, 0.2) is 11.5 Å². The number of unbranched alkanes of at least 4 members (excludes halogenated alkanes) is 26. The van der Waals surface area contributed by atoms with E-state index in [0.717, 1.165) is 125 Å². The molecule has 0 amide bonds. The van der Waals surface area contributed by atoms with Crippen molar-refractivity contribution in [1.29, 1.82) is 10.5 Å². The number of benzene rings is 8. The number of hydrogen-bond donors (Lipinski definition) is 0. The lowest BCUT2D eigenvalue weighted by atomic mass is 9.80. The summed E-state index contributed by atoms with van der Waals surface area (Å²) in [4.78, 5) is 22.9. The van der Waals surface area contributed by atoms with E-state index >= 15 is 0 Å². The number of fused-ring (bicyclic) bond motifs is 8. The molecule has 0 unspecified atom stereocenters. The van der Waals surface area contributed by atoms with Crippen molar-refractivity contribution in [3.05, 3.63) is 142 Å². The molecule has 0 spiro atoms. The van der Waals surface area contributed by atoms with E-state index in [2.05, 4.69) is 128 Å². The third-order valence-electron chi connectivity index (χ3n) is 19.1. The van der Waals surface area contributed by atoms with Crippen LogP contribution in [-0.2, 0) is 10.8 Å². The Bertz CT molecular complexity index is 4130. The highest BCUT2D eigenvalue weighted by molar-refractivity contribution is 6.39. The normalized spacial score (nSPS) is 11.9. The van der Waals surface area contributed by atoms with Crippen LogP contribution in [-0.4, -0.2) is 33.1 Å². The van der Waals surface area contributed by atoms with Crippen LogP contribution in [0.3, 0.4) is 0 Å². The highest BCUT2D eigenvalue weighted by Gasteiger charge is 2.28. The molecule has 0 bridgehead atoms. The van der Waals surface area contributed by atoms with Gasteiger partial charge in [-0.05, 0) is 120 Å². The largest absolute Gasteiger partial charge is 0.490 e. The summed E-state index contributed by atoms with van der Waals surface area (Å²) in [5.74, 6) is 15.1. The summed E-state index contributed by atoms with van der Waals surface area (Å²) in [6.45, 7) is 19.4. The first kappa shape index (κ1) is 68.6. The van der Waals surface area contributed by atoms with Crippen LogP contribution < -0.4 is 9.47 Å². The van der Waals surface area contributed by atoms with E-state index in [9.17, 15) is 10.5 Å². The Kier molecular flexibility index (Phi) is 24.2. The topological polar surface area (TPSA) is 118 Å². The molecule has 0 aliphatic carbocycles. The quantitative estimate of drug-likeness (QED) is 0.0177. The van der Waals surface area contributed by atoms with E-state index < -0.39 is 0 Å². The van der Waals surface area contributed by atoms with Crippen LogP contribution in [0.4, 0.5) is 0 Å². The molecule has 0 aliphatic rings. The van der Waals surface area contributed by atoms with Crippen molar-refractivity contribution in [3.8, 4) is 47.3 Å². The summed E-state index contributed by atoms with van der Waals surface area (Å²) < 4.78 is 13.6. The predicted molar refractivity (Wildman–Crippen MR) is 395 cm³/mol. The second-order valence-electron chi connectivity index (χ2n) is 28.6. The minimum atomic E-state index is -0.254. The maximum Gasteiger partial charge on any atom is 0.163 e. The van der Waals surface area contributed by atoms with Gasteiger partial charge in [-0.1, -0.05) is 246 Å². The van der Waals surface area contributed by atoms with E-state index in [0.29, 0.717) is 46.5 Å². The van der Waals surface area contributed by atoms with Gasteiger partial charge in [0.2, 0.25) is 0 Å². The summed E-state index contributed by atoms with van der Waals surface area (Å²) in [5.41, 5.74) is 12.0. The monoisotopic (exact) mass is 1250 g/mol. The predicted octanol–water partition coefficient (Wildman–Crippen LogP) is 23.6. The van der Waals surface area contributed by atoms with Crippen LogP contribution in [0.2, 0.25) is 0 Å². The molecule has 2 heterocycles. The molecular formula is C86H100N6O2. The lowest BCUT2D eigenvalue weighted by Crippen LogP contribution is -2.12. The summed E-state index contributed by atoms with van der Waals surface area (Å²) in [5, 5.41) is 25.2. The maximum absolute atomic E-state index is 9.54. The molecular weight excluding hydrogens is 1150 g/mol. The molecule has 94 heavy (non-hydrogen) atoms. The summed E-state index contributed by atoms with van der Waals surface area (Å²) in [6, 6.07) is 36.6. The second kappa shape index (κ2) is 33.2. The van der Waals surface area contributed by atoms with Crippen LogP contribution in [0, 0.1) is 46.3 Å². The molecule has 0 saturated heterocycles. The van der Waals surface area contributed by atoms with Crippen LogP contribution in [0.15, 0.2) is 97.1 Å². The Hall–Kier alpha value is -8.30. The fourth-order valence-electron chi connectivity index (χ4n) is 13.3. The lowest BCUT2D eigenvalue weighted by Gasteiger charge is -2.25. The maximum atomic E-state index is 9.54. The number of nitriles is 2. The van der Waals surface area contributed by atoms with Crippen molar-refractivity contribution in [3.63, 3.8) is 0 Å². The van der Waals surface area contributed by atoms with Crippen LogP contribution in [0.1, 0.15) is 280 Å². The summed E-state index contributed by atoms with van der Waals surface area (Å²) in [6.07, 6.45) is 36.7. The fourth-order valence-corrected chi connectivity index (χ4v) is 13.3. The van der Waals surface area contributed by atoms with Crippen LogP contribution in [0.25, 0.3) is 76.5 Å². The van der Waals surface area contributed by atoms with Crippen molar-refractivity contribution < 1.29 is 9.47 Å². The smallest absolute Gasteiger partial charge is 0.163 e. The van der Waals surface area contributed by atoms with E-state index in [1.54, 1.807) is 24.3 Å².